The van der Waals surface area contributed by atoms with Gasteiger partial charge in [-0.05, 0) is 51.4 Å². The van der Waals surface area contributed by atoms with Crippen LogP contribution in [0.4, 0.5) is 0 Å². The van der Waals surface area contributed by atoms with Gasteiger partial charge >= 0.3 is 0 Å². The molecule has 2 atom stereocenters. The smallest absolute Gasteiger partial charge is 0.119 e. The third-order valence-corrected chi connectivity index (χ3v) is 3.66. The topological polar surface area (TPSA) is 39.7 Å². The van der Waals surface area contributed by atoms with Gasteiger partial charge in [0.1, 0.15) is 12.4 Å². The zero-order valence-electron chi connectivity index (χ0n) is 13.3. The zero-order chi connectivity index (χ0) is 15.1. The highest BCUT2D eigenvalue weighted by Crippen LogP contribution is 2.21. The molecule has 0 radical (unpaired) electrons. The summed E-state index contributed by atoms with van der Waals surface area (Å²) in [5, 5.41) is 3.13. The first-order valence-corrected chi connectivity index (χ1v) is 7.80. The highest BCUT2D eigenvalue weighted by Gasteiger charge is 2.24. The van der Waals surface area contributed by atoms with Gasteiger partial charge in [0.25, 0.3) is 0 Å². The van der Waals surface area contributed by atoms with Crippen molar-refractivity contribution in [3.05, 3.63) is 29.8 Å². The van der Waals surface area contributed by atoms with Crippen LogP contribution >= 0.6 is 0 Å². The first-order chi connectivity index (χ1) is 10.2. The molecule has 2 rings (SSSR count). The molecule has 1 heterocycles. The predicted octanol–water partition coefficient (Wildman–Crippen LogP) is 2.76. The summed E-state index contributed by atoms with van der Waals surface area (Å²) in [7, 11) is 1.94. The first-order valence-electron chi connectivity index (χ1n) is 7.80. The quantitative estimate of drug-likeness (QED) is 0.785. The molecule has 0 aliphatic carbocycles. The van der Waals surface area contributed by atoms with Crippen molar-refractivity contribution in [1.29, 1.82) is 0 Å². The van der Waals surface area contributed by atoms with E-state index in [2.05, 4.69) is 31.3 Å². The van der Waals surface area contributed by atoms with E-state index in [0.29, 0.717) is 31.5 Å². The molecular weight excluding hydrogens is 266 g/mol. The molecule has 1 aliphatic rings. The molecule has 0 amide bonds. The lowest BCUT2D eigenvalue weighted by atomic mass is 10.0. The Hall–Kier alpha value is -1.10. The van der Waals surface area contributed by atoms with Crippen LogP contribution in [0.1, 0.15) is 32.3 Å². The normalized spacial score (nSPS) is 25.8. The van der Waals surface area contributed by atoms with E-state index < -0.39 is 0 Å². The molecule has 4 heteroatoms. The van der Waals surface area contributed by atoms with Gasteiger partial charge < -0.3 is 19.5 Å². The molecular formula is C17H27NO3. The van der Waals surface area contributed by atoms with Crippen LogP contribution in [0.3, 0.4) is 0 Å². The van der Waals surface area contributed by atoms with Crippen molar-refractivity contribution in [2.45, 2.75) is 51.5 Å². The molecule has 1 aliphatic heterocycles. The summed E-state index contributed by atoms with van der Waals surface area (Å²) in [5.74, 6) is 0.896. The Morgan fingerprint density at radius 3 is 2.38 bits per heavy atom. The summed E-state index contributed by atoms with van der Waals surface area (Å²) in [6, 6.07) is 8.17. The number of ether oxygens (including phenoxy) is 3. The van der Waals surface area contributed by atoms with Crippen molar-refractivity contribution in [2.75, 3.05) is 20.3 Å². The van der Waals surface area contributed by atoms with Crippen molar-refractivity contribution in [1.82, 2.24) is 5.32 Å². The van der Waals surface area contributed by atoms with Crippen molar-refractivity contribution in [3.8, 4) is 5.75 Å². The van der Waals surface area contributed by atoms with Gasteiger partial charge in [0, 0.05) is 6.54 Å². The number of benzene rings is 1. The van der Waals surface area contributed by atoms with E-state index in [0.717, 1.165) is 25.1 Å². The fraction of sp³-hybridized carbons (Fsp3) is 0.647. The maximum absolute atomic E-state index is 5.89. The Morgan fingerprint density at radius 2 is 1.76 bits per heavy atom. The highest BCUT2D eigenvalue weighted by molar-refractivity contribution is 5.27. The molecule has 0 spiro atoms. The summed E-state index contributed by atoms with van der Waals surface area (Å²) in [5.41, 5.74) is 1.26. The Kier molecular flexibility index (Phi) is 6.49. The number of rotatable bonds is 7. The monoisotopic (exact) mass is 293 g/mol. The van der Waals surface area contributed by atoms with E-state index in [-0.39, 0.29) is 0 Å². The van der Waals surface area contributed by atoms with E-state index in [4.69, 9.17) is 14.2 Å². The summed E-state index contributed by atoms with van der Waals surface area (Å²) >= 11 is 0. The maximum Gasteiger partial charge on any atom is 0.119 e. The molecule has 21 heavy (non-hydrogen) atoms. The predicted molar refractivity (Wildman–Crippen MR) is 83.7 cm³/mol. The third kappa shape index (κ3) is 5.65. The lowest BCUT2D eigenvalue weighted by Crippen LogP contribution is -2.34. The largest absolute Gasteiger partial charge is 0.491 e. The third-order valence-electron chi connectivity index (χ3n) is 3.66. The minimum Gasteiger partial charge on any atom is -0.491 e. The zero-order valence-corrected chi connectivity index (χ0v) is 13.3. The summed E-state index contributed by atoms with van der Waals surface area (Å²) < 4.78 is 17.3. The van der Waals surface area contributed by atoms with Crippen LogP contribution in [0.5, 0.6) is 5.75 Å². The number of hydrogen-bond acceptors (Lipinski definition) is 4. The van der Waals surface area contributed by atoms with Crippen LogP contribution in [-0.4, -0.2) is 38.6 Å². The number of hydrogen-bond donors (Lipinski definition) is 1. The molecule has 1 fully saturated rings. The second-order valence-electron chi connectivity index (χ2n) is 5.74. The van der Waals surface area contributed by atoms with Gasteiger partial charge in [-0.2, -0.15) is 0 Å². The van der Waals surface area contributed by atoms with E-state index >= 15 is 0 Å². The van der Waals surface area contributed by atoms with Crippen LogP contribution in [0.25, 0.3) is 0 Å². The minimum absolute atomic E-state index is 0.291. The Morgan fingerprint density at radius 1 is 1.10 bits per heavy atom. The summed E-state index contributed by atoms with van der Waals surface area (Å²) in [4.78, 5) is 0. The Balaban J connectivity index is 1.65. The Bertz CT molecular complexity index is 397. The molecule has 0 saturated carbocycles. The lowest BCUT2D eigenvalue weighted by molar-refractivity contribution is -0.104. The fourth-order valence-corrected chi connectivity index (χ4v) is 2.76. The lowest BCUT2D eigenvalue weighted by Gasteiger charge is -2.31. The molecule has 2 unspecified atom stereocenters. The molecule has 1 N–H and O–H groups in total. The van der Waals surface area contributed by atoms with E-state index in [1.54, 1.807) is 0 Å². The SMILES string of the molecule is CNCc1ccc(OCCOC2CC(C)OC(C)C2)cc1. The van der Waals surface area contributed by atoms with Crippen molar-refractivity contribution in [3.63, 3.8) is 0 Å². The van der Waals surface area contributed by atoms with Gasteiger partial charge in [-0.3, -0.25) is 0 Å². The average molecular weight is 293 g/mol. The molecule has 1 aromatic carbocycles. The van der Waals surface area contributed by atoms with Crippen LogP contribution in [0.2, 0.25) is 0 Å². The van der Waals surface area contributed by atoms with Gasteiger partial charge in [0.2, 0.25) is 0 Å². The van der Waals surface area contributed by atoms with E-state index in [9.17, 15) is 0 Å². The molecule has 0 bridgehead atoms. The van der Waals surface area contributed by atoms with Crippen LogP contribution < -0.4 is 10.1 Å². The van der Waals surface area contributed by atoms with Gasteiger partial charge in [-0.15, -0.1) is 0 Å². The number of nitrogens with one attached hydrogen (secondary N) is 1. The van der Waals surface area contributed by atoms with E-state index in [1.165, 1.54) is 5.56 Å². The standard InChI is InChI=1S/C17H27NO3/c1-13-10-17(11-14(2)21-13)20-9-8-19-16-6-4-15(5-7-16)12-18-3/h4-7,13-14,17-18H,8-12H2,1-3H3. The first kappa shape index (κ1) is 16.3. The Labute approximate surface area is 127 Å². The summed E-state index contributed by atoms with van der Waals surface area (Å²) in [6.07, 6.45) is 2.83. The van der Waals surface area contributed by atoms with Crippen LogP contribution in [0, 0.1) is 0 Å². The highest BCUT2D eigenvalue weighted by atomic mass is 16.5. The van der Waals surface area contributed by atoms with Crippen LogP contribution in [0.15, 0.2) is 24.3 Å². The van der Waals surface area contributed by atoms with Crippen LogP contribution in [-0.2, 0) is 16.0 Å². The van der Waals surface area contributed by atoms with Crippen molar-refractivity contribution >= 4 is 0 Å². The minimum atomic E-state index is 0.291. The van der Waals surface area contributed by atoms with E-state index in [1.807, 2.05) is 19.2 Å². The van der Waals surface area contributed by atoms with Gasteiger partial charge in [-0.25, -0.2) is 0 Å². The molecule has 0 aromatic heterocycles. The van der Waals surface area contributed by atoms with Gasteiger partial charge in [0.05, 0.1) is 24.9 Å². The maximum atomic E-state index is 5.89. The average Bonchev–Trinajstić information content (AvgIpc) is 2.45. The molecule has 118 valence electrons. The second kappa shape index (κ2) is 8.37. The van der Waals surface area contributed by atoms with Gasteiger partial charge in [0.15, 0.2) is 0 Å². The van der Waals surface area contributed by atoms with Crippen molar-refractivity contribution in [2.24, 2.45) is 0 Å². The summed E-state index contributed by atoms with van der Waals surface area (Å²) in [6.45, 7) is 6.31. The molecule has 4 nitrogen and oxygen atoms in total. The van der Waals surface area contributed by atoms with Gasteiger partial charge in [-0.1, -0.05) is 12.1 Å². The molecule has 1 saturated heterocycles. The second-order valence-corrected chi connectivity index (χ2v) is 5.74. The fourth-order valence-electron chi connectivity index (χ4n) is 2.76. The van der Waals surface area contributed by atoms with Crippen molar-refractivity contribution < 1.29 is 14.2 Å². The molecule has 1 aromatic rings.